The van der Waals surface area contributed by atoms with E-state index in [0.29, 0.717) is 5.70 Å². The van der Waals surface area contributed by atoms with Gasteiger partial charge in [0.25, 0.3) is 0 Å². The van der Waals surface area contributed by atoms with Gasteiger partial charge < -0.3 is 10.4 Å². The molecule has 1 aromatic rings. The number of carbonyl (C=O) groups is 1. The van der Waals surface area contributed by atoms with Crippen LogP contribution in [-0.2, 0) is 4.79 Å². The summed E-state index contributed by atoms with van der Waals surface area (Å²) in [4.78, 5) is 10.3. The molecule has 0 atom stereocenters. The van der Waals surface area contributed by atoms with Crippen molar-refractivity contribution < 1.29 is 9.90 Å². The monoisotopic (exact) mass is 191 g/mol. The highest BCUT2D eigenvalue weighted by Crippen LogP contribution is 2.10. The highest BCUT2D eigenvalue weighted by atomic mass is 16.4. The van der Waals surface area contributed by atoms with E-state index in [4.69, 9.17) is 5.11 Å². The molecule has 0 saturated carbocycles. The highest BCUT2D eigenvalue weighted by Gasteiger charge is 1.95. The first-order valence-electron chi connectivity index (χ1n) is 4.33. The van der Waals surface area contributed by atoms with Crippen LogP contribution in [0.1, 0.15) is 12.5 Å². The molecular weight excluding hydrogens is 178 g/mol. The average Bonchev–Trinajstić information content (AvgIpc) is 2.07. The molecule has 1 rings (SSSR count). The van der Waals surface area contributed by atoms with E-state index in [1.165, 1.54) is 5.56 Å². The third-order valence-electron chi connectivity index (χ3n) is 1.73. The zero-order valence-corrected chi connectivity index (χ0v) is 8.24. The number of hydrogen-bond donors (Lipinski definition) is 2. The Morgan fingerprint density at radius 2 is 1.93 bits per heavy atom. The third-order valence-corrected chi connectivity index (χ3v) is 1.73. The summed E-state index contributed by atoms with van der Waals surface area (Å²) in [6.07, 6.45) is 1.14. The Morgan fingerprint density at radius 1 is 1.36 bits per heavy atom. The molecule has 74 valence electrons. The molecule has 0 aliphatic heterocycles. The lowest BCUT2D eigenvalue weighted by Gasteiger charge is -2.05. The number of anilines is 1. The molecule has 1 aromatic carbocycles. The number of hydrogen-bond acceptors (Lipinski definition) is 2. The lowest BCUT2D eigenvalue weighted by molar-refractivity contribution is -0.131. The summed E-state index contributed by atoms with van der Waals surface area (Å²) in [5, 5.41) is 11.5. The molecule has 2 N–H and O–H groups in total. The van der Waals surface area contributed by atoms with Crippen LogP contribution in [0.4, 0.5) is 5.69 Å². The molecule has 0 heterocycles. The van der Waals surface area contributed by atoms with Gasteiger partial charge in [-0.25, -0.2) is 4.79 Å². The van der Waals surface area contributed by atoms with Crippen LogP contribution in [0.2, 0.25) is 0 Å². The molecule has 0 aromatic heterocycles. The summed E-state index contributed by atoms with van der Waals surface area (Å²) in [5.41, 5.74) is 2.68. The first-order valence-corrected chi connectivity index (χ1v) is 4.33. The number of carboxylic acid groups (broad SMARTS) is 1. The van der Waals surface area contributed by atoms with Crippen LogP contribution in [0.25, 0.3) is 0 Å². The summed E-state index contributed by atoms with van der Waals surface area (Å²) < 4.78 is 0. The maximum absolute atomic E-state index is 10.3. The molecule has 0 bridgehead atoms. The van der Waals surface area contributed by atoms with Crippen molar-refractivity contribution in [2.75, 3.05) is 5.32 Å². The molecule has 0 aliphatic carbocycles. The molecule has 0 unspecified atom stereocenters. The fraction of sp³-hybridized carbons (Fsp3) is 0.182. The van der Waals surface area contributed by atoms with E-state index in [0.717, 1.165) is 11.8 Å². The highest BCUT2D eigenvalue weighted by molar-refractivity contribution is 5.81. The van der Waals surface area contributed by atoms with Crippen LogP contribution in [0.15, 0.2) is 36.0 Å². The van der Waals surface area contributed by atoms with Crippen LogP contribution in [0.5, 0.6) is 0 Å². The molecule has 0 aliphatic rings. The van der Waals surface area contributed by atoms with E-state index in [9.17, 15) is 4.79 Å². The Balaban J connectivity index is 2.69. The Hall–Kier alpha value is -1.77. The number of aliphatic carboxylic acids is 1. The normalized spacial score (nSPS) is 11.1. The van der Waals surface area contributed by atoms with Gasteiger partial charge in [-0.3, -0.25) is 0 Å². The first kappa shape index (κ1) is 10.3. The van der Waals surface area contributed by atoms with Crippen LogP contribution in [0, 0.1) is 6.92 Å². The molecular formula is C11H13NO2. The minimum absolute atomic E-state index is 0.612. The molecule has 14 heavy (non-hydrogen) atoms. The minimum Gasteiger partial charge on any atom is -0.478 e. The lowest BCUT2D eigenvalue weighted by atomic mass is 10.2. The van der Waals surface area contributed by atoms with Gasteiger partial charge in [0.1, 0.15) is 0 Å². The standard InChI is InChI=1S/C11H13NO2/c1-8-3-5-10(6-4-8)12-9(2)7-11(13)14/h3-7,12H,1-2H3,(H,13,14)/b9-7-. The number of benzene rings is 1. The van der Waals surface area contributed by atoms with E-state index in [1.807, 2.05) is 31.2 Å². The Labute approximate surface area is 83.1 Å². The second kappa shape index (κ2) is 4.46. The van der Waals surface area contributed by atoms with E-state index >= 15 is 0 Å². The summed E-state index contributed by atoms with van der Waals surface area (Å²) in [5.74, 6) is -0.942. The fourth-order valence-corrected chi connectivity index (χ4v) is 1.09. The number of rotatable bonds is 3. The van der Waals surface area contributed by atoms with Gasteiger partial charge in [-0.2, -0.15) is 0 Å². The molecule has 3 heteroatoms. The number of nitrogens with one attached hydrogen (secondary N) is 1. The van der Waals surface area contributed by atoms with Crippen molar-refractivity contribution in [1.82, 2.24) is 0 Å². The smallest absolute Gasteiger partial charge is 0.330 e. The van der Waals surface area contributed by atoms with E-state index in [-0.39, 0.29) is 0 Å². The molecule has 0 spiro atoms. The summed E-state index contributed by atoms with van der Waals surface area (Å²) in [6.45, 7) is 3.72. The summed E-state index contributed by atoms with van der Waals surface area (Å²) in [6, 6.07) is 7.76. The van der Waals surface area contributed by atoms with Gasteiger partial charge in [0, 0.05) is 17.5 Å². The largest absolute Gasteiger partial charge is 0.478 e. The zero-order chi connectivity index (χ0) is 10.6. The first-order chi connectivity index (χ1) is 6.58. The number of aryl methyl sites for hydroxylation is 1. The quantitative estimate of drug-likeness (QED) is 0.721. The van der Waals surface area contributed by atoms with Gasteiger partial charge in [-0.05, 0) is 26.0 Å². The van der Waals surface area contributed by atoms with Gasteiger partial charge in [0.15, 0.2) is 0 Å². The molecule has 0 amide bonds. The topological polar surface area (TPSA) is 49.3 Å². The Bertz CT molecular complexity index is 352. The van der Waals surface area contributed by atoms with Gasteiger partial charge in [0.05, 0.1) is 0 Å². The summed E-state index contributed by atoms with van der Waals surface area (Å²) >= 11 is 0. The SMILES string of the molecule is C/C(=C/C(=O)O)Nc1ccc(C)cc1. The third kappa shape index (κ3) is 3.31. The second-order valence-electron chi connectivity index (χ2n) is 3.16. The van der Waals surface area contributed by atoms with Gasteiger partial charge in [0.2, 0.25) is 0 Å². The van der Waals surface area contributed by atoms with Crippen molar-refractivity contribution in [2.45, 2.75) is 13.8 Å². The minimum atomic E-state index is -0.942. The van der Waals surface area contributed by atoms with Gasteiger partial charge in [-0.15, -0.1) is 0 Å². The maximum Gasteiger partial charge on any atom is 0.330 e. The van der Waals surface area contributed by atoms with Crippen LogP contribution in [-0.4, -0.2) is 11.1 Å². The number of allylic oxidation sites excluding steroid dienone is 1. The number of carboxylic acids is 1. The van der Waals surface area contributed by atoms with Crippen LogP contribution < -0.4 is 5.32 Å². The Morgan fingerprint density at radius 3 is 2.43 bits per heavy atom. The van der Waals surface area contributed by atoms with Crippen molar-refractivity contribution in [3.8, 4) is 0 Å². The predicted octanol–water partition coefficient (Wildman–Crippen LogP) is 2.40. The van der Waals surface area contributed by atoms with Crippen molar-refractivity contribution in [3.63, 3.8) is 0 Å². The van der Waals surface area contributed by atoms with Gasteiger partial charge in [-0.1, -0.05) is 17.7 Å². The van der Waals surface area contributed by atoms with Gasteiger partial charge >= 0.3 is 5.97 Å². The average molecular weight is 191 g/mol. The van der Waals surface area contributed by atoms with Crippen LogP contribution >= 0.6 is 0 Å². The molecule has 3 nitrogen and oxygen atoms in total. The van der Waals surface area contributed by atoms with Crippen molar-refractivity contribution in [2.24, 2.45) is 0 Å². The molecule has 0 fully saturated rings. The van der Waals surface area contributed by atoms with Crippen molar-refractivity contribution in [3.05, 3.63) is 41.6 Å². The van der Waals surface area contributed by atoms with Crippen molar-refractivity contribution in [1.29, 1.82) is 0 Å². The van der Waals surface area contributed by atoms with E-state index in [1.54, 1.807) is 6.92 Å². The second-order valence-corrected chi connectivity index (χ2v) is 3.16. The maximum atomic E-state index is 10.3. The lowest BCUT2D eigenvalue weighted by Crippen LogP contribution is -1.99. The Kier molecular flexibility index (Phi) is 3.29. The predicted molar refractivity (Wildman–Crippen MR) is 56.2 cm³/mol. The zero-order valence-electron chi connectivity index (χ0n) is 8.24. The van der Waals surface area contributed by atoms with Crippen LogP contribution in [0.3, 0.4) is 0 Å². The molecule has 0 radical (unpaired) electrons. The fourth-order valence-electron chi connectivity index (χ4n) is 1.09. The van der Waals surface area contributed by atoms with Crippen molar-refractivity contribution >= 4 is 11.7 Å². The van der Waals surface area contributed by atoms with E-state index in [2.05, 4.69) is 5.32 Å². The molecule has 0 saturated heterocycles. The van der Waals surface area contributed by atoms with E-state index < -0.39 is 5.97 Å². The summed E-state index contributed by atoms with van der Waals surface area (Å²) in [7, 11) is 0.